The lowest BCUT2D eigenvalue weighted by Gasteiger charge is -2.34. The number of aliphatic hydroxyl groups excluding tert-OH is 1. The lowest BCUT2D eigenvalue weighted by molar-refractivity contribution is -0.263. The summed E-state index contributed by atoms with van der Waals surface area (Å²) in [5, 5.41) is 8.86. The van der Waals surface area contributed by atoms with Crippen LogP contribution in [0.5, 0.6) is 0 Å². The van der Waals surface area contributed by atoms with E-state index in [1.54, 1.807) is 6.08 Å². The van der Waals surface area contributed by atoms with Crippen molar-refractivity contribution in [3.8, 4) is 0 Å². The van der Waals surface area contributed by atoms with Gasteiger partial charge in [0.05, 0.1) is 13.7 Å². The standard InChI is InChI=1S/C13H24N2O5/c1-18-20-11-2-3-13(17)19-12-9-15-6-4-14(5-7-15)8-10-16/h2-3,16H,4-12H2,1H3/b3-2+. The molecule has 1 aliphatic rings. The molecule has 0 spiro atoms. The smallest absolute Gasteiger partial charge is 0.330 e. The molecule has 7 nitrogen and oxygen atoms in total. The summed E-state index contributed by atoms with van der Waals surface area (Å²) in [7, 11) is 1.41. The van der Waals surface area contributed by atoms with Crippen LogP contribution < -0.4 is 0 Å². The van der Waals surface area contributed by atoms with Gasteiger partial charge < -0.3 is 9.84 Å². The zero-order valence-electron chi connectivity index (χ0n) is 12.0. The van der Waals surface area contributed by atoms with Crippen LogP contribution in [0.15, 0.2) is 12.2 Å². The van der Waals surface area contributed by atoms with E-state index in [4.69, 9.17) is 9.84 Å². The first-order chi connectivity index (χ1) is 9.76. The zero-order chi connectivity index (χ0) is 14.6. The van der Waals surface area contributed by atoms with Gasteiger partial charge in [0.1, 0.15) is 13.2 Å². The topological polar surface area (TPSA) is 71.5 Å². The summed E-state index contributed by atoms with van der Waals surface area (Å²) in [5.41, 5.74) is 0. The fourth-order valence-corrected chi connectivity index (χ4v) is 1.95. The number of β-amino-alcohol motifs (C(OH)–C–C–N with tert-alkyl or cyclic N) is 1. The molecule has 1 aliphatic heterocycles. The zero-order valence-corrected chi connectivity index (χ0v) is 12.0. The summed E-state index contributed by atoms with van der Waals surface area (Å²) < 4.78 is 5.08. The van der Waals surface area contributed by atoms with Gasteiger partial charge >= 0.3 is 5.97 Å². The van der Waals surface area contributed by atoms with Crippen LogP contribution in [-0.2, 0) is 19.3 Å². The average molecular weight is 288 g/mol. The summed E-state index contributed by atoms with van der Waals surface area (Å²) in [6.45, 7) is 6.05. The molecule has 1 saturated heterocycles. The van der Waals surface area contributed by atoms with E-state index in [2.05, 4.69) is 19.6 Å². The molecule has 0 aromatic heterocycles. The van der Waals surface area contributed by atoms with Crippen LogP contribution in [0.1, 0.15) is 0 Å². The van der Waals surface area contributed by atoms with Crippen LogP contribution in [-0.4, -0.2) is 87.1 Å². The number of carbonyl (C=O) groups is 1. The lowest BCUT2D eigenvalue weighted by Crippen LogP contribution is -2.48. The van der Waals surface area contributed by atoms with Crippen molar-refractivity contribution in [1.82, 2.24) is 9.80 Å². The lowest BCUT2D eigenvalue weighted by atomic mass is 10.3. The molecule has 1 heterocycles. The van der Waals surface area contributed by atoms with Crippen LogP contribution in [0, 0.1) is 0 Å². The first kappa shape index (κ1) is 17.1. The Morgan fingerprint density at radius 3 is 2.45 bits per heavy atom. The van der Waals surface area contributed by atoms with Crippen LogP contribution >= 0.6 is 0 Å². The van der Waals surface area contributed by atoms with Gasteiger partial charge in [-0.25, -0.2) is 14.6 Å². The number of aliphatic hydroxyl groups is 1. The third-order valence-corrected chi connectivity index (χ3v) is 3.07. The van der Waals surface area contributed by atoms with Gasteiger partial charge in [-0.3, -0.25) is 9.80 Å². The quantitative estimate of drug-likeness (QED) is 0.197. The second kappa shape index (κ2) is 10.8. The minimum atomic E-state index is -0.372. The molecule has 0 aromatic rings. The van der Waals surface area contributed by atoms with Crippen LogP contribution in [0.3, 0.4) is 0 Å². The van der Waals surface area contributed by atoms with Gasteiger partial charge in [0.25, 0.3) is 0 Å². The maximum Gasteiger partial charge on any atom is 0.330 e. The largest absolute Gasteiger partial charge is 0.461 e. The molecule has 0 bridgehead atoms. The highest BCUT2D eigenvalue weighted by atomic mass is 17.2. The average Bonchev–Trinajstić information content (AvgIpc) is 2.46. The molecule has 1 fully saturated rings. The highest BCUT2D eigenvalue weighted by Gasteiger charge is 2.15. The molecule has 1 N–H and O–H groups in total. The molecule has 1 rings (SSSR count). The highest BCUT2D eigenvalue weighted by molar-refractivity contribution is 5.81. The van der Waals surface area contributed by atoms with Crippen molar-refractivity contribution in [2.24, 2.45) is 0 Å². The number of rotatable bonds is 9. The van der Waals surface area contributed by atoms with E-state index >= 15 is 0 Å². The summed E-state index contributed by atoms with van der Waals surface area (Å²) >= 11 is 0. The molecular weight excluding hydrogens is 264 g/mol. The fourth-order valence-electron chi connectivity index (χ4n) is 1.95. The maximum absolute atomic E-state index is 11.3. The summed E-state index contributed by atoms with van der Waals surface area (Å²) in [6.07, 6.45) is 2.87. The minimum absolute atomic E-state index is 0.205. The van der Waals surface area contributed by atoms with Crippen molar-refractivity contribution in [3.05, 3.63) is 12.2 Å². The third kappa shape index (κ3) is 7.56. The molecule has 7 heteroatoms. The molecule has 20 heavy (non-hydrogen) atoms. The predicted molar refractivity (Wildman–Crippen MR) is 73.0 cm³/mol. The molecule has 0 saturated carbocycles. The predicted octanol–water partition coefficient (Wildman–Crippen LogP) is -0.726. The Morgan fingerprint density at radius 2 is 1.85 bits per heavy atom. The molecular formula is C13H24N2O5. The molecule has 0 aromatic carbocycles. The van der Waals surface area contributed by atoms with Crippen LogP contribution in [0.2, 0.25) is 0 Å². The van der Waals surface area contributed by atoms with Crippen molar-refractivity contribution < 1.29 is 24.4 Å². The van der Waals surface area contributed by atoms with Crippen molar-refractivity contribution in [2.45, 2.75) is 0 Å². The van der Waals surface area contributed by atoms with Crippen molar-refractivity contribution in [1.29, 1.82) is 0 Å². The van der Waals surface area contributed by atoms with Gasteiger partial charge in [0.15, 0.2) is 0 Å². The number of nitrogens with zero attached hydrogens (tertiary/aromatic N) is 2. The summed E-state index contributed by atoms with van der Waals surface area (Å²) in [6, 6.07) is 0. The van der Waals surface area contributed by atoms with E-state index in [0.29, 0.717) is 6.61 Å². The molecule has 0 unspecified atom stereocenters. The maximum atomic E-state index is 11.3. The van der Waals surface area contributed by atoms with Crippen molar-refractivity contribution in [3.63, 3.8) is 0 Å². The number of piperazine rings is 1. The van der Waals surface area contributed by atoms with Crippen LogP contribution in [0.4, 0.5) is 0 Å². The second-order valence-corrected chi connectivity index (χ2v) is 4.43. The van der Waals surface area contributed by atoms with Gasteiger partial charge in [0, 0.05) is 45.3 Å². The minimum Gasteiger partial charge on any atom is -0.461 e. The normalized spacial score (nSPS) is 17.7. The van der Waals surface area contributed by atoms with Crippen molar-refractivity contribution >= 4 is 5.97 Å². The molecule has 0 aliphatic carbocycles. The first-order valence-corrected chi connectivity index (χ1v) is 6.80. The van der Waals surface area contributed by atoms with Gasteiger partial charge in [-0.15, -0.1) is 0 Å². The van der Waals surface area contributed by atoms with E-state index in [0.717, 1.165) is 39.3 Å². The third-order valence-electron chi connectivity index (χ3n) is 3.07. The number of ether oxygens (including phenoxy) is 1. The Labute approximate surface area is 119 Å². The second-order valence-electron chi connectivity index (χ2n) is 4.43. The molecule has 116 valence electrons. The van der Waals surface area contributed by atoms with Crippen LogP contribution in [0.25, 0.3) is 0 Å². The monoisotopic (exact) mass is 288 g/mol. The van der Waals surface area contributed by atoms with E-state index < -0.39 is 0 Å². The fraction of sp³-hybridized carbons (Fsp3) is 0.769. The van der Waals surface area contributed by atoms with Crippen molar-refractivity contribution in [2.75, 3.05) is 66.2 Å². The Morgan fingerprint density at radius 1 is 1.20 bits per heavy atom. The first-order valence-electron chi connectivity index (χ1n) is 6.80. The Hall–Kier alpha value is -0.990. The van der Waals surface area contributed by atoms with Gasteiger partial charge in [-0.1, -0.05) is 0 Å². The SMILES string of the molecule is COOC/C=C/C(=O)OCCN1CCN(CCO)CC1. The number of hydrogen-bond acceptors (Lipinski definition) is 7. The molecule has 0 radical (unpaired) electrons. The highest BCUT2D eigenvalue weighted by Crippen LogP contribution is 2.00. The Kier molecular flexibility index (Phi) is 9.18. The van der Waals surface area contributed by atoms with E-state index in [9.17, 15) is 4.79 Å². The Bertz CT molecular complexity index is 290. The number of esters is 1. The van der Waals surface area contributed by atoms with E-state index in [1.807, 2.05) is 0 Å². The van der Waals surface area contributed by atoms with Gasteiger partial charge in [-0.05, 0) is 6.08 Å². The Balaban J connectivity index is 2.04. The van der Waals surface area contributed by atoms with Gasteiger partial charge in [-0.2, -0.15) is 0 Å². The molecule has 0 atom stereocenters. The van der Waals surface area contributed by atoms with E-state index in [1.165, 1.54) is 13.2 Å². The summed E-state index contributed by atoms with van der Waals surface area (Å²) in [5.74, 6) is -0.372. The number of hydrogen-bond donors (Lipinski definition) is 1. The number of carbonyl (C=O) groups excluding carboxylic acids is 1. The van der Waals surface area contributed by atoms with E-state index in [-0.39, 0.29) is 19.2 Å². The molecule has 0 amide bonds. The van der Waals surface area contributed by atoms with Gasteiger partial charge in [0.2, 0.25) is 0 Å². The summed E-state index contributed by atoms with van der Waals surface area (Å²) in [4.78, 5) is 24.8.